The Balaban J connectivity index is 1.94. The second kappa shape index (κ2) is 5.57. The van der Waals surface area contributed by atoms with Crippen LogP contribution in [0.15, 0.2) is 64.6 Å². The third-order valence-electron chi connectivity index (χ3n) is 3.78. The van der Waals surface area contributed by atoms with E-state index >= 15 is 0 Å². The van der Waals surface area contributed by atoms with E-state index < -0.39 is 9.84 Å². The lowest BCUT2D eigenvalue weighted by Gasteiger charge is -2.24. The van der Waals surface area contributed by atoms with Gasteiger partial charge in [-0.2, -0.15) is 5.10 Å². The summed E-state index contributed by atoms with van der Waals surface area (Å²) in [5.41, 5.74) is 3.18. The van der Waals surface area contributed by atoms with E-state index in [4.69, 9.17) is 0 Å². The third-order valence-corrected chi connectivity index (χ3v) is 4.90. The molecule has 2 aromatic carbocycles. The van der Waals surface area contributed by atoms with E-state index in [-0.39, 0.29) is 6.04 Å². The van der Waals surface area contributed by atoms with Gasteiger partial charge < -0.3 is 0 Å². The fraction of sp³-hybridized carbons (Fsp3) is 0.235. The second-order valence-electron chi connectivity index (χ2n) is 5.58. The van der Waals surface area contributed by atoms with Crippen LogP contribution in [0.1, 0.15) is 24.9 Å². The van der Waals surface area contributed by atoms with Gasteiger partial charge in [-0.1, -0.05) is 30.3 Å². The highest BCUT2D eigenvalue weighted by Gasteiger charge is 2.27. The SMILES string of the molecule is CC1=NN(c2ccccc2)C(c2ccc(S(C)(=O)=O)cc2)C1. The number of hydrazone groups is 1. The molecule has 0 aliphatic carbocycles. The van der Waals surface area contributed by atoms with Crippen LogP contribution in [0.25, 0.3) is 0 Å². The molecule has 3 rings (SSSR count). The van der Waals surface area contributed by atoms with Gasteiger partial charge in [0.2, 0.25) is 0 Å². The molecule has 0 saturated heterocycles. The average Bonchev–Trinajstić information content (AvgIpc) is 2.89. The van der Waals surface area contributed by atoms with Crippen LogP contribution < -0.4 is 5.01 Å². The Kier molecular flexibility index (Phi) is 3.74. The van der Waals surface area contributed by atoms with Crippen LogP contribution in [0.4, 0.5) is 5.69 Å². The fourth-order valence-corrected chi connectivity index (χ4v) is 3.31. The Bertz CT molecular complexity index is 796. The van der Waals surface area contributed by atoms with Crippen molar-refractivity contribution in [2.45, 2.75) is 24.3 Å². The summed E-state index contributed by atoms with van der Waals surface area (Å²) in [5, 5.41) is 6.62. The van der Waals surface area contributed by atoms with E-state index in [0.29, 0.717) is 4.90 Å². The zero-order valence-corrected chi connectivity index (χ0v) is 13.4. The van der Waals surface area contributed by atoms with Crippen LogP contribution in [0.2, 0.25) is 0 Å². The normalized spacial score (nSPS) is 18.4. The minimum atomic E-state index is -3.16. The fourth-order valence-electron chi connectivity index (χ4n) is 2.68. The molecule has 0 spiro atoms. The molecular formula is C17H18N2O2S. The van der Waals surface area contributed by atoms with Gasteiger partial charge in [0.15, 0.2) is 9.84 Å². The maximum atomic E-state index is 11.6. The Labute approximate surface area is 131 Å². The maximum absolute atomic E-state index is 11.6. The molecule has 4 nitrogen and oxygen atoms in total. The van der Waals surface area contributed by atoms with Crippen molar-refractivity contribution in [1.82, 2.24) is 0 Å². The number of nitrogens with zero attached hydrogens (tertiary/aromatic N) is 2. The Morgan fingerprint density at radius 2 is 1.68 bits per heavy atom. The van der Waals surface area contributed by atoms with E-state index in [0.717, 1.165) is 23.4 Å². The summed E-state index contributed by atoms with van der Waals surface area (Å²) < 4.78 is 23.1. The van der Waals surface area contributed by atoms with E-state index in [2.05, 4.69) is 5.10 Å². The number of hydrogen-bond donors (Lipinski definition) is 0. The molecule has 0 aromatic heterocycles. The lowest BCUT2D eigenvalue weighted by Crippen LogP contribution is -2.18. The van der Waals surface area contributed by atoms with E-state index in [9.17, 15) is 8.42 Å². The molecule has 1 unspecified atom stereocenters. The number of para-hydroxylation sites is 1. The van der Waals surface area contributed by atoms with Crippen LogP contribution in [-0.4, -0.2) is 20.4 Å². The first-order valence-electron chi connectivity index (χ1n) is 7.13. The monoisotopic (exact) mass is 314 g/mol. The standard InChI is InChI=1S/C17H18N2O2S/c1-13-12-17(19(18-13)15-6-4-3-5-7-15)14-8-10-16(11-9-14)22(2,20)21/h3-11,17H,12H2,1-2H3. The zero-order chi connectivity index (χ0) is 15.7. The molecule has 0 fully saturated rings. The smallest absolute Gasteiger partial charge is 0.175 e. The van der Waals surface area contributed by atoms with Crippen LogP contribution in [0.5, 0.6) is 0 Å². The van der Waals surface area contributed by atoms with Crippen LogP contribution in [0.3, 0.4) is 0 Å². The van der Waals surface area contributed by atoms with Gasteiger partial charge in [-0.15, -0.1) is 0 Å². The molecule has 0 bridgehead atoms. The Morgan fingerprint density at radius 3 is 2.27 bits per heavy atom. The van der Waals surface area contributed by atoms with Gasteiger partial charge in [-0.3, -0.25) is 5.01 Å². The summed E-state index contributed by atoms with van der Waals surface area (Å²) in [6, 6.07) is 17.2. The van der Waals surface area contributed by atoms with Crippen molar-refractivity contribution in [2.75, 3.05) is 11.3 Å². The minimum absolute atomic E-state index is 0.107. The number of hydrogen-bond acceptors (Lipinski definition) is 4. The van der Waals surface area contributed by atoms with Gasteiger partial charge >= 0.3 is 0 Å². The van der Waals surface area contributed by atoms with Gasteiger partial charge in [0.05, 0.1) is 16.6 Å². The number of rotatable bonds is 3. The molecule has 1 heterocycles. The van der Waals surface area contributed by atoms with Crippen molar-refractivity contribution in [3.63, 3.8) is 0 Å². The molecule has 1 atom stereocenters. The predicted octanol–water partition coefficient (Wildman–Crippen LogP) is 3.42. The molecule has 1 aliphatic rings. The maximum Gasteiger partial charge on any atom is 0.175 e. The first-order chi connectivity index (χ1) is 10.4. The first kappa shape index (κ1) is 14.8. The minimum Gasteiger partial charge on any atom is -0.258 e. The van der Waals surface area contributed by atoms with Crippen molar-refractivity contribution in [2.24, 2.45) is 5.10 Å². The van der Waals surface area contributed by atoms with Gasteiger partial charge in [0, 0.05) is 18.4 Å². The molecule has 1 aliphatic heterocycles. The summed E-state index contributed by atoms with van der Waals surface area (Å²) in [6.45, 7) is 2.01. The van der Waals surface area contributed by atoms with Gasteiger partial charge in [-0.25, -0.2) is 8.42 Å². The largest absolute Gasteiger partial charge is 0.258 e. The Hall–Kier alpha value is -2.14. The van der Waals surface area contributed by atoms with Crippen molar-refractivity contribution in [3.05, 3.63) is 60.2 Å². The summed E-state index contributed by atoms with van der Waals surface area (Å²) in [5.74, 6) is 0. The first-order valence-corrected chi connectivity index (χ1v) is 9.03. The molecule has 2 aromatic rings. The molecule has 0 saturated carbocycles. The van der Waals surface area contributed by atoms with Crippen molar-refractivity contribution in [1.29, 1.82) is 0 Å². The lowest BCUT2D eigenvalue weighted by molar-refractivity contribution is 0.601. The summed E-state index contributed by atoms with van der Waals surface area (Å²) >= 11 is 0. The summed E-state index contributed by atoms with van der Waals surface area (Å²) in [4.78, 5) is 0.346. The number of anilines is 1. The average molecular weight is 314 g/mol. The van der Waals surface area contributed by atoms with Gasteiger partial charge in [0.25, 0.3) is 0 Å². The highest BCUT2D eigenvalue weighted by Crippen LogP contribution is 2.35. The van der Waals surface area contributed by atoms with Crippen LogP contribution in [-0.2, 0) is 9.84 Å². The molecule has 22 heavy (non-hydrogen) atoms. The summed E-state index contributed by atoms with van der Waals surface area (Å²) in [7, 11) is -3.16. The zero-order valence-electron chi connectivity index (χ0n) is 12.6. The van der Waals surface area contributed by atoms with Crippen molar-refractivity contribution >= 4 is 21.2 Å². The van der Waals surface area contributed by atoms with E-state index in [1.807, 2.05) is 54.4 Å². The third kappa shape index (κ3) is 2.90. The van der Waals surface area contributed by atoms with Crippen LogP contribution >= 0.6 is 0 Å². The van der Waals surface area contributed by atoms with Crippen molar-refractivity contribution in [3.8, 4) is 0 Å². The molecule has 0 N–H and O–H groups in total. The van der Waals surface area contributed by atoms with E-state index in [1.165, 1.54) is 6.26 Å². The molecule has 0 radical (unpaired) electrons. The molecule has 114 valence electrons. The van der Waals surface area contributed by atoms with Crippen molar-refractivity contribution < 1.29 is 8.42 Å². The number of sulfone groups is 1. The Morgan fingerprint density at radius 1 is 1.05 bits per heavy atom. The highest BCUT2D eigenvalue weighted by molar-refractivity contribution is 7.90. The summed E-state index contributed by atoms with van der Waals surface area (Å²) in [6.07, 6.45) is 2.06. The van der Waals surface area contributed by atoms with E-state index in [1.54, 1.807) is 12.1 Å². The topological polar surface area (TPSA) is 49.7 Å². The second-order valence-corrected chi connectivity index (χ2v) is 7.59. The molecule has 0 amide bonds. The van der Waals surface area contributed by atoms with Gasteiger partial charge in [-0.05, 0) is 36.8 Å². The quantitative estimate of drug-likeness (QED) is 0.872. The number of benzene rings is 2. The van der Waals surface area contributed by atoms with Gasteiger partial charge in [0.1, 0.15) is 0 Å². The molecular weight excluding hydrogens is 296 g/mol. The lowest BCUT2D eigenvalue weighted by atomic mass is 10.0. The predicted molar refractivity (Wildman–Crippen MR) is 88.9 cm³/mol. The van der Waals surface area contributed by atoms with Crippen LogP contribution in [0, 0.1) is 0 Å². The highest BCUT2D eigenvalue weighted by atomic mass is 32.2. The molecule has 5 heteroatoms.